The molecular formula is C2H6BaF6N2O4S2. The van der Waals surface area contributed by atoms with Crippen LogP contribution in [0.2, 0.25) is 0 Å². The fourth-order valence-electron chi connectivity index (χ4n) is 0. The predicted octanol–water partition coefficient (Wildman–Crippen LogP) is -1.33. The summed E-state index contributed by atoms with van der Waals surface area (Å²) >= 11 is 0. The van der Waals surface area contributed by atoms with Gasteiger partial charge in [-0.2, -0.15) is 26.3 Å². The molecule has 104 valence electrons. The predicted molar refractivity (Wildman–Crippen MR) is 46.9 cm³/mol. The van der Waals surface area contributed by atoms with Gasteiger partial charge in [0.25, 0.3) is 0 Å². The number of hydrogen-bond acceptors (Lipinski definition) is 4. The van der Waals surface area contributed by atoms with Crippen LogP contribution in [0.4, 0.5) is 26.3 Å². The molecule has 4 N–H and O–H groups in total. The summed E-state index contributed by atoms with van der Waals surface area (Å²) in [5.74, 6) is 0. The van der Waals surface area contributed by atoms with E-state index in [2.05, 4.69) is 10.3 Å². The minimum absolute atomic E-state index is 0. The second-order valence-electron chi connectivity index (χ2n) is 1.98. The first-order chi connectivity index (χ1) is 6.50. The zero-order valence-corrected chi connectivity index (χ0v) is 8.50. The van der Waals surface area contributed by atoms with Gasteiger partial charge in [-0.25, -0.2) is 27.1 Å². The Balaban J connectivity index is -0.000000218. The van der Waals surface area contributed by atoms with Gasteiger partial charge in [0.05, 0.1) is 0 Å². The summed E-state index contributed by atoms with van der Waals surface area (Å²) < 4.78 is 102. The van der Waals surface area contributed by atoms with Crippen molar-refractivity contribution in [2.75, 3.05) is 0 Å². The van der Waals surface area contributed by atoms with E-state index in [1.165, 1.54) is 0 Å². The van der Waals surface area contributed by atoms with Gasteiger partial charge >= 0.3 is 79.9 Å². The summed E-state index contributed by atoms with van der Waals surface area (Å²) in [6.45, 7) is 0. The van der Waals surface area contributed by atoms with Crippen molar-refractivity contribution in [1.29, 1.82) is 0 Å². The van der Waals surface area contributed by atoms with Crippen LogP contribution in [0.1, 0.15) is 0 Å². The third-order valence-electron chi connectivity index (χ3n) is 0.645. The Hall–Kier alpha value is 0.971. The van der Waals surface area contributed by atoms with Crippen molar-refractivity contribution in [2.45, 2.75) is 11.0 Å². The van der Waals surface area contributed by atoms with Crippen molar-refractivity contribution in [2.24, 2.45) is 10.3 Å². The number of sulfonamides is 2. The van der Waals surface area contributed by atoms with Crippen LogP contribution in [-0.4, -0.2) is 76.7 Å². The second-order valence-corrected chi connectivity index (χ2v) is 5.09. The number of hydrogen-bond donors (Lipinski definition) is 2. The van der Waals surface area contributed by atoms with Crippen LogP contribution in [0.3, 0.4) is 0 Å². The molecule has 0 bridgehead atoms. The average Bonchev–Trinajstić information content (AvgIpc) is 1.77. The Bertz CT molecular complexity index is 380. The molecule has 0 amide bonds. The minimum atomic E-state index is -5.34. The van der Waals surface area contributed by atoms with E-state index in [9.17, 15) is 43.2 Å². The van der Waals surface area contributed by atoms with Crippen LogP contribution in [0.5, 0.6) is 0 Å². The van der Waals surface area contributed by atoms with Gasteiger partial charge in [-0.1, -0.05) is 0 Å². The van der Waals surface area contributed by atoms with Crippen molar-refractivity contribution in [3.05, 3.63) is 0 Å². The molecule has 0 aliphatic carbocycles. The number of halogens is 6. The van der Waals surface area contributed by atoms with Crippen LogP contribution in [0, 0.1) is 0 Å². The fourth-order valence-corrected chi connectivity index (χ4v) is 0. The Kier molecular flexibility index (Phi) is 9.43. The third-order valence-corrected chi connectivity index (χ3v) is 1.94. The van der Waals surface area contributed by atoms with Crippen molar-refractivity contribution in [3.8, 4) is 0 Å². The Morgan fingerprint density at radius 1 is 0.647 bits per heavy atom. The van der Waals surface area contributed by atoms with E-state index in [-0.39, 0.29) is 48.9 Å². The number of rotatable bonds is 0. The van der Waals surface area contributed by atoms with E-state index >= 15 is 0 Å². The van der Waals surface area contributed by atoms with E-state index in [0.717, 1.165) is 0 Å². The van der Waals surface area contributed by atoms with E-state index in [1.807, 2.05) is 0 Å². The summed E-state index contributed by atoms with van der Waals surface area (Å²) in [6.07, 6.45) is 0. The Morgan fingerprint density at radius 3 is 0.706 bits per heavy atom. The van der Waals surface area contributed by atoms with Gasteiger partial charge in [0, 0.05) is 0 Å². The standard InChI is InChI=1S/2CH2F3NO2S.Ba.2H/c2*2-1(3,4)8(5,6)7;;;/h2*(H2,5,6,7);;;. The molecule has 0 radical (unpaired) electrons. The Labute approximate surface area is 132 Å². The molecular weight excluding hydrogens is 431 g/mol. The van der Waals surface area contributed by atoms with E-state index in [4.69, 9.17) is 0 Å². The molecule has 6 nitrogen and oxygen atoms in total. The first-order valence-electron chi connectivity index (χ1n) is 2.68. The molecule has 0 rings (SSSR count). The normalized spacial score (nSPS) is 13.2. The zero-order valence-electron chi connectivity index (χ0n) is 6.87. The van der Waals surface area contributed by atoms with Gasteiger partial charge < -0.3 is 0 Å². The third kappa shape index (κ3) is 10.6. The molecule has 0 saturated heterocycles. The summed E-state index contributed by atoms with van der Waals surface area (Å²) in [5.41, 5.74) is -10.6. The van der Waals surface area contributed by atoms with Gasteiger partial charge in [0.2, 0.25) is 0 Å². The molecule has 0 aliphatic heterocycles. The topological polar surface area (TPSA) is 120 Å². The van der Waals surface area contributed by atoms with Gasteiger partial charge in [-0.3, -0.25) is 0 Å². The van der Waals surface area contributed by atoms with Crippen LogP contribution >= 0.6 is 0 Å². The van der Waals surface area contributed by atoms with Gasteiger partial charge in [0.15, 0.2) is 0 Å². The summed E-state index contributed by atoms with van der Waals surface area (Å²) in [5, 5.41) is 7.32. The molecule has 0 saturated carbocycles. The van der Waals surface area contributed by atoms with Crippen LogP contribution in [-0.2, 0) is 20.0 Å². The van der Waals surface area contributed by atoms with E-state index in [0.29, 0.717) is 0 Å². The van der Waals surface area contributed by atoms with Gasteiger partial charge in [-0.15, -0.1) is 0 Å². The molecule has 0 aromatic rings. The molecule has 0 aliphatic rings. The number of nitrogens with two attached hydrogens (primary N) is 2. The van der Waals surface area contributed by atoms with Crippen LogP contribution in [0.15, 0.2) is 0 Å². The van der Waals surface area contributed by atoms with Crippen molar-refractivity contribution >= 4 is 68.9 Å². The molecule has 0 spiro atoms. The van der Waals surface area contributed by atoms with Gasteiger partial charge in [0.1, 0.15) is 0 Å². The summed E-state index contributed by atoms with van der Waals surface area (Å²) in [7, 11) is -10.7. The van der Waals surface area contributed by atoms with Crippen molar-refractivity contribution < 1.29 is 43.2 Å². The molecule has 0 heterocycles. The monoisotopic (exact) mass is 438 g/mol. The first kappa shape index (κ1) is 23.1. The molecule has 0 unspecified atom stereocenters. The SMILES string of the molecule is NS(=O)(=O)C(F)(F)F.NS(=O)(=O)C(F)(F)F.[BaH2]. The molecule has 0 atom stereocenters. The zero-order chi connectivity index (χ0) is 14.0. The average molecular weight is 438 g/mol. The summed E-state index contributed by atoms with van der Waals surface area (Å²) in [4.78, 5) is 0. The maximum absolute atomic E-state index is 10.8. The van der Waals surface area contributed by atoms with Crippen molar-refractivity contribution in [3.63, 3.8) is 0 Å². The molecule has 0 fully saturated rings. The van der Waals surface area contributed by atoms with Crippen molar-refractivity contribution in [1.82, 2.24) is 0 Å². The van der Waals surface area contributed by atoms with Crippen LogP contribution < -0.4 is 10.3 Å². The Morgan fingerprint density at radius 2 is 0.706 bits per heavy atom. The van der Waals surface area contributed by atoms with Crippen LogP contribution in [0.25, 0.3) is 0 Å². The number of alkyl halides is 6. The molecule has 15 heteroatoms. The fraction of sp³-hybridized carbons (Fsp3) is 1.00. The molecule has 17 heavy (non-hydrogen) atoms. The van der Waals surface area contributed by atoms with Gasteiger partial charge in [-0.05, 0) is 0 Å². The quantitative estimate of drug-likeness (QED) is 0.360. The first-order valence-corrected chi connectivity index (χ1v) is 5.77. The van der Waals surface area contributed by atoms with E-state index in [1.54, 1.807) is 0 Å². The second kappa shape index (κ2) is 6.94. The maximum atomic E-state index is 10.8. The molecule has 0 aromatic heterocycles. The summed E-state index contributed by atoms with van der Waals surface area (Å²) in [6, 6.07) is 0. The molecule has 0 aromatic carbocycles. The van der Waals surface area contributed by atoms with E-state index < -0.39 is 31.1 Å². The number of primary sulfonamides is 2.